The first-order valence-corrected chi connectivity index (χ1v) is 14.3. The highest BCUT2D eigenvalue weighted by Crippen LogP contribution is 2.44. The number of allylic oxidation sites excluding steroid dienone is 2. The number of methoxy groups -OCH3 is 1. The first kappa shape index (κ1) is 39.0. The van der Waals surface area contributed by atoms with E-state index in [2.05, 4.69) is 0 Å². The van der Waals surface area contributed by atoms with E-state index in [0.717, 1.165) is 24.2 Å². The van der Waals surface area contributed by atoms with Gasteiger partial charge in [0, 0.05) is 37.1 Å². The summed E-state index contributed by atoms with van der Waals surface area (Å²) in [6.45, 7) is 5.94. The lowest BCUT2D eigenvalue weighted by Gasteiger charge is -2.36. The average molecular weight is 656 g/mol. The summed E-state index contributed by atoms with van der Waals surface area (Å²) in [6, 6.07) is 5.45. The number of hydrogen-bond acceptors (Lipinski definition) is 12. The van der Waals surface area contributed by atoms with Crippen LogP contribution in [0.1, 0.15) is 71.3 Å². The van der Waals surface area contributed by atoms with Crippen molar-refractivity contribution in [2.24, 2.45) is 5.73 Å². The molecule has 250 valence electrons. The normalized spacial score (nSPS) is 14.6. The second kappa shape index (κ2) is 19.4. The van der Waals surface area contributed by atoms with E-state index >= 15 is 0 Å². The molecule has 0 aromatic heterocycles. The van der Waals surface area contributed by atoms with Crippen molar-refractivity contribution in [3.8, 4) is 0 Å². The average Bonchev–Trinajstić information content (AvgIpc) is 2.96. The monoisotopic (exact) mass is 655 g/mol. The molecule has 1 unspecified atom stereocenters. The first-order valence-electron chi connectivity index (χ1n) is 14.3. The largest absolute Gasteiger partial charge is 0.460 e. The van der Waals surface area contributed by atoms with Crippen LogP contribution in [0.15, 0.2) is 46.8 Å². The van der Waals surface area contributed by atoms with Gasteiger partial charge in [0.2, 0.25) is 6.79 Å². The molecular weight excluding hydrogens is 614 g/mol. The molecule has 1 amide bonds. The minimum Gasteiger partial charge on any atom is -0.460 e. The van der Waals surface area contributed by atoms with Gasteiger partial charge < -0.3 is 29.4 Å². The van der Waals surface area contributed by atoms with E-state index in [9.17, 15) is 29.3 Å². The van der Waals surface area contributed by atoms with Crippen molar-refractivity contribution in [2.75, 3.05) is 33.7 Å². The van der Waals surface area contributed by atoms with Crippen LogP contribution in [-0.2, 0) is 38.1 Å². The SMILES string of the molecule is COCCOC(=O)C1=C(C)N(C(=O)OCOC(=O)CCCCCCN)C(C)=C(C(=O)OC(C)C)C1c1cccc([N+](=O)[O-])c1.Cl. The van der Waals surface area contributed by atoms with Crippen LogP contribution in [0.2, 0.25) is 0 Å². The summed E-state index contributed by atoms with van der Waals surface area (Å²) in [6.07, 6.45) is 1.67. The molecule has 15 heteroatoms. The number of hydrogen-bond donors (Lipinski definition) is 1. The number of non-ortho nitro benzene ring substituents is 1. The minimum absolute atomic E-state index is 0. The molecule has 0 radical (unpaired) electrons. The van der Waals surface area contributed by atoms with Gasteiger partial charge >= 0.3 is 24.0 Å². The fraction of sp³-hybridized carbons (Fsp3) is 0.533. The molecule has 0 aliphatic carbocycles. The van der Waals surface area contributed by atoms with Crippen molar-refractivity contribution in [3.63, 3.8) is 0 Å². The van der Waals surface area contributed by atoms with Gasteiger partial charge in [-0.3, -0.25) is 19.8 Å². The molecule has 1 aromatic rings. The van der Waals surface area contributed by atoms with Crippen molar-refractivity contribution in [2.45, 2.75) is 71.8 Å². The number of rotatable bonds is 16. The maximum Gasteiger partial charge on any atom is 0.421 e. The van der Waals surface area contributed by atoms with Crippen molar-refractivity contribution in [3.05, 3.63) is 62.5 Å². The van der Waals surface area contributed by atoms with E-state index in [4.69, 9.17) is 29.4 Å². The third-order valence-electron chi connectivity index (χ3n) is 6.67. The molecule has 0 saturated heterocycles. The summed E-state index contributed by atoms with van der Waals surface area (Å²) in [5.74, 6) is -3.50. The summed E-state index contributed by atoms with van der Waals surface area (Å²) in [5, 5.41) is 11.6. The zero-order valence-corrected chi connectivity index (χ0v) is 27.0. The van der Waals surface area contributed by atoms with E-state index in [-0.39, 0.29) is 65.8 Å². The van der Waals surface area contributed by atoms with Crippen LogP contribution in [-0.4, -0.2) is 73.6 Å². The number of nitro benzene ring substituents is 1. The quantitative estimate of drug-likeness (QED) is 0.0649. The molecule has 0 fully saturated rings. The van der Waals surface area contributed by atoms with Crippen LogP contribution < -0.4 is 5.73 Å². The van der Waals surface area contributed by atoms with Gasteiger partial charge in [-0.1, -0.05) is 25.0 Å². The summed E-state index contributed by atoms with van der Waals surface area (Å²) in [4.78, 5) is 64.5. The number of ether oxygens (including phenoxy) is 5. The topological polar surface area (TPSA) is 187 Å². The zero-order valence-electron chi connectivity index (χ0n) is 26.2. The number of nitrogens with zero attached hydrogens (tertiary/aromatic N) is 2. The standard InChI is InChI=1S/C30H41N3O11.ClH/c1-19(2)44-29(36)26-21(4)32(30(37)43-18-42-24(34)13-8-6-7-9-14-31)20(3)25(28(35)41-16-15-40-5)27(26)22-11-10-12-23(17-22)33(38)39;/h10-12,17,19,27H,6-9,13-16,18,31H2,1-5H3;1H. The van der Waals surface area contributed by atoms with Crippen molar-refractivity contribution >= 4 is 42.1 Å². The van der Waals surface area contributed by atoms with Crippen LogP contribution in [0.4, 0.5) is 10.5 Å². The lowest BCUT2D eigenvalue weighted by atomic mass is 9.79. The lowest BCUT2D eigenvalue weighted by molar-refractivity contribution is -0.384. The molecule has 0 saturated carbocycles. The predicted octanol–water partition coefficient (Wildman–Crippen LogP) is 4.65. The third kappa shape index (κ3) is 11.1. The van der Waals surface area contributed by atoms with Gasteiger partial charge in [0.05, 0.1) is 34.7 Å². The molecule has 2 rings (SSSR count). The summed E-state index contributed by atoms with van der Waals surface area (Å²) in [5.41, 5.74) is 5.23. The van der Waals surface area contributed by atoms with Crippen LogP contribution >= 0.6 is 12.4 Å². The number of carbonyl (C=O) groups is 4. The second-order valence-corrected chi connectivity index (χ2v) is 10.2. The Labute approximate surface area is 268 Å². The molecule has 0 spiro atoms. The number of unbranched alkanes of at least 4 members (excludes halogenated alkanes) is 3. The molecule has 0 bridgehead atoms. The number of esters is 3. The number of carbonyl (C=O) groups excluding carboxylic acids is 4. The number of halogens is 1. The van der Waals surface area contributed by atoms with Gasteiger partial charge in [0.15, 0.2) is 0 Å². The highest BCUT2D eigenvalue weighted by atomic mass is 35.5. The first-order chi connectivity index (χ1) is 20.9. The number of amides is 1. The maximum absolute atomic E-state index is 13.5. The van der Waals surface area contributed by atoms with E-state index in [0.29, 0.717) is 13.0 Å². The molecule has 1 aliphatic rings. The van der Waals surface area contributed by atoms with Crippen molar-refractivity contribution in [1.82, 2.24) is 4.90 Å². The Hall–Kier alpha value is -4.01. The highest BCUT2D eigenvalue weighted by Gasteiger charge is 2.43. The van der Waals surface area contributed by atoms with Crippen LogP contribution in [0.5, 0.6) is 0 Å². The van der Waals surface area contributed by atoms with Gasteiger partial charge in [0.25, 0.3) is 5.69 Å². The molecule has 1 atom stereocenters. The summed E-state index contributed by atoms with van der Waals surface area (Å²) < 4.78 is 26.1. The highest BCUT2D eigenvalue weighted by molar-refractivity contribution is 6.01. The van der Waals surface area contributed by atoms with Crippen LogP contribution in [0.25, 0.3) is 0 Å². The van der Waals surface area contributed by atoms with Crippen molar-refractivity contribution in [1.29, 1.82) is 0 Å². The Kier molecular flexibility index (Phi) is 16.8. The fourth-order valence-corrected chi connectivity index (χ4v) is 4.63. The van der Waals surface area contributed by atoms with Gasteiger partial charge in [-0.05, 0) is 52.6 Å². The predicted molar refractivity (Wildman–Crippen MR) is 164 cm³/mol. The number of nitro groups is 1. The molecule has 2 N–H and O–H groups in total. The fourth-order valence-electron chi connectivity index (χ4n) is 4.63. The molecule has 45 heavy (non-hydrogen) atoms. The maximum atomic E-state index is 13.5. The Balaban J connectivity index is 0.0000101. The number of benzene rings is 1. The van der Waals surface area contributed by atoms with Gasteiger partial charge in [-0.2, -0.15) is 0 Å². The lowest BCUT2D eigenvalue weighted by Crippen LogP contribution is -2.39. The summed E-state index contributed by atoms with van der Waals surface area (Å²) >= 11 is 0. The van der Waals surface area contributed by atoms with Crippen LogP contribution in [0.3, 0.4) is 0 Å². The van der Waals surface area contributed by atoms with E-state index in [1.54, 1.807) is 13.8 Å². The van der Waals surface area contributed by atoms with E-state index < -0.39 is 47.7 Å². The Morgan fingerprint density at radius 1 is 0.956 bits per heavy atom. The zero-order chi connectivity index (χ0) is 32.8. The van der Waals surface area contributed by atoms with Gasteiger partial charge in [-0.25, -0.2) is 14.4 Å². The molecular formula is C30H42ClN3O11. The molecule has 1 aromatic carbocycles. The minimum atomic E-state index is -1.20. The van der Waals surface area contributed by atoms with Gasteiger partial charge in [-0.15, -0.1) is 12.4 Å². The summed E-state index contributed by atoms with van der Waals surface area (Å²) in [7, 11) is 1.42. The Morgan fingerprint density at radius 2 is 1.60 bits per heavy atom. The molecule has 1 heterocycles. The van der Waals surface area contributed by atoms with Gasteiger partial charge in [0.1, 0.15) is 6.61 Å². The second-order valence-electron chi connectivity index (χ2n) is 10.2. The molecule has 1 aliphatic heterocycles. The van der Waals surface area contributed by atoms with E-state index in [1.165, 1.54) is 45.2 Å². The molecule has 14 nitrogen and oxygen atoms in total. The van der Waals surface area contributed by atoms with E-state index in [1.807, 2.05) is 0 Å². The van der Waals surface area contributed by atoms with Crippen molar-refractivity contribution < 1.29 is 47.8 Å². The Bertz CT molecular complexity index is 1280. The Morgan fingerprint density at radius 3 is 2.20 bits per heavy atom. The smallest absolute Gasteiger partial charge is 0.421 e. The number of nitrogens with two attached hydrogens (primary N) is 1. The third-order valence-corrected chi connectivity index (χ3v) is 6.67. The van der Waals surface area contributed by atoms with Crippen LogP contribution in [0, 0.1) is 10.1 Å².